The lowest BCUT2D eigenvalue weighted by atomic mass is 10.1. The van der Waals surface area contributed by atoms with Gasteiger partial charge in [0.05, 0.1) is 6.04 Å². The van der Waals surface area contributed by atoms with Gasteiger partial charge in [-0.05, 0) is 25.5 Å². The van der Waals surface area contributed by atoms with Crippen molar-refractivity contribution in [2.75, 3.05) is 5.32 Å². The Kier molecular flexibility index (Phi) is 3.66. The van der Waals surface area contributed by atoms with E-state index in [1.54, 1.807) is 12.1 Å². The second kappa shape index (κ2) is 5.22. The Hall–Kier alpha value is -1.82. The number of hydrogen-bond acceptors (Lipinski definition) is 6. The molecule has 0 saturated carbocycles. The third kappa shape index (κ3) is 2.70. The van der Waals surface area contributed by atoms with Gasteiger partial charge in [-0.2, -0.15) is 0 Å². The van der Waals surface area contributed by atoms with E-state index in [0.717, 1.165) is 16.6 Å². The minimum absolute atomic E-state index is 0.0487. The smallest absolute Gasteiger partial charge is 0.206 e. The van der Waals surface area contributed by atoms with Crippen molar-refractivity contribution in [3.8, 4) is 11.5 Å². The van der Waals surface area contributed by atoms with Crippen molar-refractivity contribution < 1.29 is 10.2 Å². The molecular formula is C12H15N3O2S. The molecule has 6 heteroatoms. The minimum atomic E-state index is -0.108. The molecule has 1 heterocycles. The van der Waals surface area contributed by atoms with Gasteiger partial charge in [-0.3, -0.25) is 0 Å². The summed E-state index contributed by atoms with van der Waals surface area (Å²) in [5.74, 6) is 0.114. The van der Waals surface area contributed by atoms with Crippen LogP contribution in [0.5, 0.6) is 11.5 Å². The molecule has 1 aromatic heterocycles. The molecule has 0 amide bonds. The van der Waals surface area contributed by atoms with E-state index in [2.05, 4.69) is 15.5 Å². The monoisotopic (exact) mass is 265 g/mol. The second-order valence-electron chi connectivity index (χ2n) is 3.96. The molecule has 0 spiro atoms. The van der Waals surface area contributed by atoms with Crippen LogP contribution in [0, 0.1) is 0 Å². The number of aromatic nitrogens is 2. The summed E-state index contributed by atoms with van der Waals surface area (Å²) in [5.41, 5.74) is 0.709. The molecule has 2 aromatic rings. The fraction of sp³-hybridized carbons (Fsp3) is 0.333. The summed E-state index contributed by atoms with van der Waals surface area (Å²) < 4.78 is 0. The predicted octanol–water partition coefficient (Wildman–Crippen LogP) is 2.68. The number of phenols is 2. The van der Waals surface area contributed by atoms with Crippen molar-refractivity contribution in [3.63, 3.8) is 0 Å². The largest absolute Gasteiger partial charge is 0.508 e. The zero-order valence-corrected chi connectivity index (χ0v) is 11.0. The highest BCUT2D eigenvalue weighted by atomic mass is 32.1. The molecule has 1 aromatic carbocycles. The van der Waals surface area contributed by atoms with E-state index >= 15 is 0 Å². The van der Waals surface area contributed by atoms with Gasteiger partial charge in [0.25, 0.3) is 0 Å². The van der Waals surface area contributed by atoms with E-state index in [9.17, 15) is 10.2 Å². The Balaban J connectivity index is 2.13. The minimum Gasteiger partial charge on any atom is -0.508 e. The zero-order valence-electron chi connectivity index (χ0n) is 10.2. The summed E-state index contributed by atoms with van der Waals surface area (Å²) in [6, 6.07) is 4.45. The first-order valence-electron chi connectivity index (χ1n) is 5.71. The van der Waals surface area contributed by atoms with Gasteiger partial charge < -0.3 is 15.5 Å². The maximum absolute atomic E-state index is 9.76. The van der Waals surface area contributed by atoms with Crippen LogP contribution in [0.3, 0.4) is 0 Å². The third-order valence-corrected chi connectivity index (χ3v) is 3.59. The first kappa shape index (κ1) is 12.6. The highest BCUT2D eigenvalue weighted by Gasteiger charge is 2.12. The summed E-state index contributed by atoms with van der Waals surface area (Å²) >= 11 is 1.50. The van der Waals surface area contributed by atoms with E-state index in [4.69, 9.17) is 0 Å². The van der Waals surface area contributed by atoms with Crippen LogP contribution >= 0.6 is 11.3 Å². The van der Waals surface area contributed by atoms with Gasteiger partial charge in [0.1, 0.15) is 16.5 Å². The molecule has 5 nitrogen and oxygen atoms in total. The number of nitrogens with zero attached hydrogens (tertiary/aromatic N) is 2. The molecular weight excluding hydrogens is 250 g/mol. The maximum Gasteiger partial charge on any atom is 0.206 e. The van der Waals surface area contributed by atoms with Crippen molar-refractivity contribution in [3.05, 3.63) is 28.8 Å². The number of rotatable bonds is 4. The average Bonchev–Trinajstić information content (AvgIpc) is 2.76. The third-order valence-electron chi connectivity index (χ3n) is 2.59. The van der Waals surface area contributed by atoms with Gasteiger partial charge in [0, 0.05) is 11.6 Å². The van der Waals surface area contributed by atoms with Crippen molar-refractivity contribution in [2.45, 2.75) is 26.3 Å². The van der Waals surface area contributed by atoms with Gasteiger partial charge in [-0.25, -0.2) is 0 Å². The SMILES string of the molecule is CCc1nnc(NC(C)c2ccc(O)cc2O)s1. The molecule has 0 radical (unpaired) electrons. The van der Waals surface area contributed by atoms with E-state index in [1.807, 2.05) is 13.8 Å². The molecule has 3 N–H and O–H groups in total. The lowest BCUT2D eigenvalue weighted by Crippen LogP contribution is -2.06. The topological polar surface area (TPSA) is 78.3 Å². The van der Waals surface area contributed by atoms with Crippen LogP contribution < -0.4 is 5.32 Å². The van der Waals surface area contributed by atoms with Crippen molar-refractivity contribution in [1.82, 2.24) is 10.2 Å². The summed E-state index contributed by atoms with van der Waals surface area (Å²) in [5, 5.41) is 31.9. The van der Waals surface area contributed by atoms with Crippen LogP contribution in [0.25, 0.3) is 0 Å². The van der Waals surface area contributed by atoms with Crippen LogP contribution in [-0.4, -0.2) is 20.4 Å². The number of phenolic OH excluding ortho intramolecular Hbond substituents is 2. The normalized spacial score (nSPS) is 12.3. The van der Waals surface area contributed by atoms with Crippen molar-refractivity contribution in [2.24, 2.45) is 0 Å². The molecule has 1 atom stereocenters. The molecule has 0 fully saturated rings. The van der Waals surface area contributed by atoms with Crippen LogP contribution in [-0.2, 0) is 6.42 Å². The summed E-state index contributed by atoms with van der Waals surface area (Å²) in [6.45, 7) is 3.94. The molecule has 0 aliphatic carbocycles. The molecule has 0 bridgehead atoms. The van der Waals surface area contributed by atoms with Gasteiger partial charge in [-0.15, -0.1) is 10.2 Å². The Morgan fingerprint density at radius 3 is 2.72 bits per heavy atom. The molecule has 1 unspecified atom stereocenters. The number of aryl methyl sites for hydroxylation is 1. The van der Waals surface area contributed by atoms with Crippen LogP contribution in [0.15, 0.2) is 18.2 Å². The maximum atomic E-state index is 9.76. The average molecular weight is 265 g/mol. The number of aromatic hydroxyl groups is 2. The zero-order chi connectivity index (χ0) is 13.1. The van der Waals surface area contributed by atoms with Gasteiger partial charge in [0.15, 0.2) is 0 Å². The molecule has 0 aliphatic rings. The first-order chi connectivity index (χ1) is 8.60. The quantitative estimate of drug-likeness (QED) is 0.792. The standard InChI is InChI=1S/C12H15N3O2S/c1-3-11-14-15-12(18-11)13-7(2)9-5-4-8(16)6-10(9)17/h4-7,16-17H,3H2,1-2H3,(H,13,15). The van der Waals surface area contributed by atoms with Gasteiger partial charge in [-0.1, -0.05) is 18.3 Å². The van der Waals surface area contributed by atoms with E-state index < -0.39 is 0 Å². The fourth-order valence-electron chi connectivity index (χ4n) is 1.62. The Morgan fingerprint density at radius 2 is 2.11 bits per heavy atom. The number of anilines is 1. The molecule has 0 saturated heterocycles. The second-order valence-corrected chi connectivity index (χ2v) is 5.03. The van der Waals surface area contributed by atoms with E-state index in [-0.39, 0.29) is 17.5 Å². The Morgan fingerprint density at radius 1 is 1.33 bits per heavy atom. The lowest BCUT2D eigenvalue weighted by Gasteiger charge is -2.14. The predicted molar refractivity (Wildman–Crippen MR) is 71.1 cm³/mol. The molecule has 2 rings (SSSR count). The number of benzene rings is 1. The van der Waals surface area contributed by atoms with Gasteiger partial charge >= 0.3 is 0 Å². The van der Waals surface area contributed by atoms with E-state index in [1.165, 1.54) is 17.4 Å². The fourth-order valence-corrected chi connectivity index (χ4v) is 2.38. The molecule has 18 heavy (non-hydrogen) atoms. The van der Waals surface area contributed by atoms with Crippen molar-refractivity contribution in [1.29, 1.82) is 0 Å². The summed E-state index contributed by atoms with van der Waals surface area (Å²) in [4.78, 5) is 0. The number of hydrogen-bond donors (Lipinski definition) is 3. The first-order valence-corrected chi connectivity index (χ1v) is 6.52. The summed E-state index contributed by atoms with van der Waals surface area (Å²) in [6.07, 6.45) is 0.859. The summed E-state index contributed by atoms with van der Waals surface area (Å²) in [7, 11) is 0. The van der Waals surface area contributed by atoms with Gasteiger partial charge in [0.2, 0.25) is 5.13 Å². The van der Waals surface area contributed by atoms with E-state index in [0.29, 0.717) is 5.56 Å². The molecule has 0 aliphatic heterocycles. The van der Waals surface area contributed by atoms with Crippen LogP contribution in [0.1, 0.15) is 30.5 Å². The Bertz CT molecular complexity index is 542. The Labute approximate surface area is 109 Å². The lowest BCUT2D eigenvalue weighted by molar-refractivity contribution is 0.444. The van der Waals surface area contributed by atoms with Crippen molar-refractivity contribution >= 4 is 16.5 Å². The van der Waals surface area contributed by atoms with Crippen LogP contribution in [0.4, 0.5) is 5.13 Å². The van der Waals surface area contributed by atoms with Crippen LogP contribution in [0.2, 0.25) is 0 Å². The highest BCUT2D eigenvalue weighted by molar-refractivity contribution is 7.15. The molecule has 96 valence electrons. The number of nitrogens with one attached hydrogen (secondary N) is 1. The highest BCUT2D eigenvalue weighted by Crippen LogP contribution is 2.30.